The van der Waals surface area contributed by atoms with Crippen molar-refractivity contribution in [3.05, 3.63) is 24.3 Å². The minimum Gasteiger partial charge on any atom is -0.391 e. The molecule has 0 radical (unpaired) electrons. The number of fused-ring (bicyclic) bond motifs is 1. The summed E-state index contributed by atoms with van der Waals surface area (Å²) in [7, 11) is 0. The summed E-state index contributed by atoms with van der Waals surface area (Å²) >= 11 is 3.06. The first-order valence-electron chi connectivity index (χ1n) is 7.65. The molecule has 1 fully saturated rings. The average molecular weight is 336 g/mol. The summed E-state index contributed by atoms with van der Waals surface area (Å²) in [5, 5.41) is 12.9. The quantitative estimate of drug-likeness (QED) is 0.796. The highest BCUT2D eigenvalue weighted by molar-refractivity contribution is 8.01. The van der Waals surface area contributed by atoms with E-state index in [2.05, 4.69) is 10.3 Å². The van der Waals surface area contributed by atoms with Crippen LogP contribution in [0, 0.1) is 5.92 Å². The van der Waals surface area contributed by atoms with Crippen LogP contribution in [0.25, 0.3) is 10.2 Å². The molecule has 1 saturated carbocycles. The van der Waals surface area contributed by atoms with Crippen LogP contribution in [0.2, 0.25) is 0 Å². The van der Waals surface area contributed by atoms with Gasteiger partial charge in [-0.2, -0.15) is 0 Å². The van der Waals surface area contributed by atoms with Crippen LogP contribution in [0.5, 0.6) is 0 Å². The number of hydrogen-bond donors (Lipinski definition) is 2. The Kier molecular flexibility index (Phi) is 5.33. The van der Waals surface area contributed by atoms with Gasteiger partial charge in [0.1, 0.15) is 0 Å². The molecule has 1 atom stereocenters. The molecule has 1 heterocycles. The molecule has 22 heavy (non-hydrogen) atoms. The van der Waals surface area contributed by atoms with Crippen LogP contribution in [0.4, 0.5) is 0 Å². The second-order valence-electron chi connectivity index (χ2n) is 5.65. The van der Waals surface area contributed by atoms with E-state index in [0.717, 1.165) is 27.4 Å². The number of para-hydroxylation sites is 1. The maximum absolute atomic E-state index is 11.9. The summed E-state index contributed by atoms with van der Waals surface area (Å²) in [4.78, 5) is 16.4. The lowest BCUT2D eigenvalue weighted by Crippen LogP contribution is -2.36. The Bertz CT molecular complexity index is 605. The number of amides is 1. The van der Waals surface area contributed by atoms with E-state index in [9.17, 15) is 9.90 Å². The number of benzene rings is 1. The maximum Gasteiger partial charge on any atom is 0.230 e. The minimum absolute atomic E-state index is 0.0405. The smallest absolute Gasteiger partial charge is 0.230 e. The second-order valence-corrected chi connectivity index (χ2v) is 7.91. The van der Waals surface area contributed by atoms with Gasteiger partial charge in [-0.3, -0.25) is 4.79 Å². The third-order valence-corrected chi connectivity index (χ3v) is 6.23. The van der Waals surface area contributed by atoms with Crippen molar-refractivity contribution in [1.29, 1.82) is 0 Å². The molecule has 2 N–H and O–H groups in total. The highest BCUT2D eigenvalue weighted by Crippen LogP contribution is 2.29. The molecule has 1 amide bonds. The number of nitrogens with zero attached hydrogens (tertiary/aromatic N) is 1. The summed E-state index contributed by atoms with van der Waals surface area (Å²) in [6, 6.07) is 7.97. The molecule has 1 aromatic heterocycles. The predicted octanol–water partition coefficient (Wildman–Crippen LogP) is 3.06. The van der Waals surface area contributed by atoms with Gasteiger partial charge in [0.15, 0.2) is 4.34 Å². The van der Waals surface area contributed by atoms with E-state index >= 15 is 0 Å². The Morgan fingerprint density at radius 1 is 1.41 bits per heavy atom. The van der Waals surface area contributed by atoms with Crippen LogP contribution in [0.3, 0.4) is 0 Å². The first kappa shape index (κ1) is 15.8. The third-order valence-electron chi connectivity index (χ3n) is 4.05. The van der Waals surface area contributed by atoms with E-state index in [1.807, 2.05) is 24.3 Å². The van der Waals surface area contributed by atoms with Crippen molar-refractivity contribution in [1.82, 2.24) is 10.3 Å². The fourth-order valence-electron chi connectivity index (χ4n) is 2.82. The predicted molar refractivity (Wildman–Crippen MR) is 91.3 cm³/mol. The third kappa shape index (κ3) is 4.00. The van der Waals surface area contributed by atoms with Crippen LogP contribution in [-0.4, -0.2) is 34.4 Å². The van der Waals surface area contributed by atoms with Gasteiger partial charge in [0.2, 0.25) is 5.91 Å². The van der Waals surface area contributed by atoms with Crippen molar-refractivity contribution in [3.8, 4) is 0 Å². The number of carbonyl (C=O) groups is 1. The summed E-state index contributed by atoms with van der Waals surface area (Å²) in [5.41, 5.74) is 0.979. The molecule has 4 nitrogen and oxygen atoms in total. The first-order chi connectivity index (χ1) is 10.7. The van der Waals surface area contributed by atoms with Crippen molar-refractivity contribution in [2.45, 2.75) is 36.1 Å². The van der Waals surface area contributed by atoms with Crippen molar-refractivity contribution in [2.75, 3.05) is 12.3 Å². The first-order valence-corrected chi connectivity index (χ1v) is 9.46. The Hall–Kier alpha value is -1.11. The zero-order valence-corrected chi connectivity index (χ0v) is 14.0. The van der Waals surface area contributed by atoms with Gasteiger partial charge in [0.25, 0.3) is 0 Å². The molecule has 2 aromatic rings. The van der Waals surface area contributed by atoms with Crippen molar-refractivity contribution < 1.29 is 9.90 Å². The normalized spacial score (nSPS) is 17.0. The SMILES string of the molecule is O=C(CSc1nc2ccccc2s1)NCC(O)C1CCCC1. The van der Waals surface area contributed by atoms with Crippen LogP contribution in [0.1, 0.15) is 25.7 Å². The largest absolute Gasteiger partial charge is 0.391 e. The van der Waals surface area contributed by atoms with Gasteiger partial charge in [-0.05, 0) is 30.9 Å². The average Bonchev–Trinajstić information content (AvgIpc) is 3.19. The van der Waals surface area contributed by atoms with Crippen LogP contribution in [0.15, 0.2) is 28.6 Å². The lowest BCUT2D eigenvalue weighted by molar-refractivity contribution is -0.119. The van der Waals surface area contributed by atoms with Crippen LogP contribution >= 0.6 is 23.1 Å². The van der Waals surface area contributed by atoms with Gasteiger partial charge < -0.3 is 10.4 Å². The van der Waals surface area contributed by atoms with E-state index in [4.69, 9.17) is 0 Å². The summed E-state index contributed by atoms with van der Waals surface area (Å²) in [6.07, 6.45) is 4.15. The monoisotopic (exact) mass is 336 g/mol. The molecule has 1 aliphatic rings. The molecule has 3 rings (SSSR count). The Morgan fingerprint density at radius 3 is 2.95 bits per heavy atom. The number of nitrogens with one attached hydrogen (secondary N) is 1. The number of hydrogen-bond acceptors (Lipinski definition) is 5. The molecule has 1 unspecified atom stereocenters. The lowest BCUT2D eigenvalue weighted by atomic mass is 10.0. The van der Waals surface area contributed by atoms with E-state index in [1.165, 1.54) is 24.6 Å². The molecular weight excluding hydrogens is 316 g/mol. The van der Waals surface area contributed by atoms with Crippen LogP contribution in [-0.2, 0) is 4.79 Å². The van der Waals surface area contributed by atoms with E-state index in [0.29, 0.717) is 18.2 Å². The molecule has 0 bridgehead atoms. The summed E-state index contributed by atoms with van der Waals surface area (Å²) in [6.45, 7) is 0.365. The van der Waals surface area contributed by atoms with Crippen molar-refractivity contribution in [2.24, 2.45) is 5.92 Å². The standard InChI is InChI=1S/C16H20N2O2S2/c19-13(11-5-1-2-6-11)9-17-15(20)10-21-16-18-12-7-3-4-8-14(12)22-16/h3-4,7-8,11,13,19H,1-2,5-6,9-10H2,(H,17,20). The fraction of sp³-hybridized carbons (Fsp3) is 0.500. The van der Waals surface area contributed by atoms with Gasteiger partial charge in [-0.25, -0.2) is 4.98 Å². The summed E-state index contributed by atoms with van der Waals surface area (Å²) in [5.74, 6) is 0.663. The molecule has 0 saturated heterocycles. The summed E-state index contributed by atoms with van der Waals surface area (Å²) < 4.78 is 2.05. The Balaban J connectivity index is 1.43. The maximum atomic E-state index is 11.9. The number of thiazole rings is 1. The lowest BCUT2D eigenvalue weighted by Gasteiger charge is -2.17. The minimum atomic E-state index is -0.404. The molecular formula is C16H20N2O2S2. The molecule has 0 aliphatic heterocycles. The van der Waals surface area contributed by atoms with Crippen molar-refractivity contribution >= 4 is 39.2 Å². The number of carbonyl (C=O) groups excluding carboxylic acids is 1. The highest BCUT2D eigenvalue weighted by Gasteiger charge is 2.23. The zero-order valence-electron chi connectivity index (χ0n) is 12.3. The topological polar surface area (TPSA) is 62.2 Å². The number of aliphatic hydroxyl groups excluding tert-OH is 1. The van der Waals surface area contributed by atoms with Gasteiger partial charge in [-0.15, -0.1) is 11.3 Å². The zero-order chi connectivity index (χ0) is 15.4. The van der Waals surface area contributed by atoms with Gasteiger partial charge in [0.05, 0.1) is 22.1 Å². The highest BCUT2D eigenvalue weighted by atomic mass is 32.2. The molecule has 1 aliphatic carbocycles. The van der Waals surface area contributed by atoms with E-state index in [-0.39, 0.29) is 5.91 Å². The molecule has 118 valence electrons. The van der Waals surface area contributed by atoms with Crippen LogP contribution < -0.4 is 5.32 Å². The number of aromatic nitrogens is 1. The second kappa shape index (κ2) is 7.44. The number of thioether (sulfide) groups is 1. The number of aliphatic hydroxyl groups is 1. The number of rotatable bonds is 6. The van der Waals surface area contributed by atoms with Gasteiger partial charge in [-0.1, -0.05) is 36.7 Å². The van der Waals surface area contributed by atoms with Gasteiger partial charge >= 0.3 is 0 Å². The Labute approximate surface area is 138 Å². The molecule has 6 heteroatoms. The van der Waals surface area contributed by atoms with Crippen molar-refractivity contribution in [3.63, 3.8) is 0 Å². The molecule has 1 aromatic carbocycles. The van der Waals surface area contributed by atoms with E-state index < -0.39 is 6.10 Å². The fourth-order valence-corrected chi connectivity index (χ4v) is 4.72. The van der Waals surface area contributed by atoms with Gasteiger partial charge in [0, 0.05) is 6.54 Å². The Morgan fingerprint density at radius 2 is 2.18 bits per heavy atom. The van der Waals surface area contributed by atoms with E-state index in [1.54, 1.807) is 11.3 Å². The molecule has 0 spiro atoms.